The predicted molar refractivity (Wildman–Crippen MR) is 97.8 cm³/mol. The largest absolute Gasteiger partial charge is 0.385 e. The Kier molecular flexibility index (Phi) is 6.32. The van der Waals surface area contributed by atoms with Crippen molar-refractivity contribution in [3.8, 4) is 0 Å². The van der Waals surface area contributed by atoms with E-state index in [4.69, 9.17) is 0 Å². The molecule has 0 spiro atoms. The first-order valence-corrected chi connectivity index (χ1v) is 8.39. The zero-order chi connectivity index (χ0) is 15.8. The van der Waals surface area contributed by atoms with Crippen molar-refractivity contribution in [2.24, 2.45) is 0 Å². The lowest BCUT2D eigenvalue weighted by molar-refractivity contribution is 0.764. The third kappa shape index (κ3) is 5.10. The van der Waals surface area contributed by atoms with E-state index in [2.05, 4.69) is 79.9 Å². The summed E-state index contributed by atoms with van der Waals surface area (Å²) in [7, 11) is 0. The second-order valence-electron chi connectivity index (χ2n) is 5.95. The highest BCUT2D eigenvalue weighted by Crippen LogP contribution is 2.16. The van der Waals surface area contributed by atoms with Gasteiger partial charge in [-0.2, -0.15) is 0 Å². The van der Waals surface area contributed by atoms with Gasteiger partial charge in [0.2, 0.25) is 0 Å². The number of hydrogen-bond acceptors (Lipinski definition) is 2. The maximum atomic E-state index is 3.50. The maximum Gasteiger partial charge on any atom is 0.0342 e. The minimum absolute atomic E-state index is 0.522. The quantitative estimate of drug-likeness (QED) is 0.690. The molecule has 118 valence electrons. The SMILES string of the molecule is CCCNc1ccc(Cc2ccc(NC(C)CC)cc2)cc1. The van der Waals surface area contributed by atoms with Crippen LogP contribution in [0.25, 0.3) is 0 Å². The van der Waals surface area contributed by atoms with E-state index in [-0.39, 0.29) is 0 Å². The molecule has 2 nitrogen and oxygen atoms in total. The Morgan fingerprint density at radius 2 is 1.36 bits per heavy atom. The molecule has 0 aromatic heterocycles. The Balaban J connectivity index is 1.92. The predicted octanol–water partition coefficient (Wildman–Crippen LogP) is 5.31. The minimum Gasteiger partial charge on any atom is -0.385 e. The number of rotatable bonds is 8. The monoisotopic (exact) mass is 296 g/mol. The molecule has 1 unspecified atom stereocenters. The summed E-state index contributed by atoms with van der Waals surface area (Å²) in [6.45, 7) is 7.62. The van der Waals surface area contributed by atoms with E-state index in [1.807, 2.05) is 0 Å². The van der Waals surface area contributed by atoms with E-state index >= 15 is 0 Å². The van der Waals surface area contributed by atoms with Crippen LogP contribution < -0.4 is 10.6 Å². The van der Waals surface area contributed by atoms with Crippen LogP contribution in [0.3, 0.4) is 0 Å². The second-order valence-corrected chi connectivity index (χ2v) is 5.95. The standard InChI is InChI=1S/C20H28N2/c1-4-14-21-19-10-6-17(7-11-19)15-18-8-12-20(13-9-18)22-16(3)5-2/h6-13,16,21-22H,4-5,14-15H2,1-3H3. The third-order valence-corrected chi connectivity index (χ3v) is 3.92. The first-order valence-electron chi connectivity index (χ1n) is 8.39. The Bertz CT molecular complexity index is 543. The molecule has 0 saturated carbocycles. The van der Waals surface area contributed by atoms with Crippen LogP contribution in [-0.2, 0) is 6.42 Å². The fourth-order valence-corrected chi connectivity index (χ4v) is 2.35. The van der Waals surface area contributed by atoms with Crippen molar-refractivity contribution in [2.45, 2.75) is 46.1 Å². The van der Waals surface area contributed by atoms with Crippen molar-refractivity contribution < 1.29 is 0 Å². The van der Waals surface area contributed by atoms with Crippen molar-refractivity contribution in [1.82, 2.24) is 0 Å². The van der Waals surface area contributed by atoms with Gasteiger partial charge in [0, 0.05) is 24.0 Å². The van der Waals surface area contributed by atoms with E-state index < -0.39 is 0 Å². The van der Waals surface area contributed by atoms with E-state index in [0.717, 1.165) is 25.8 Å². The first kappa shape index (κ1) is 16.4. The zero-order valence-corrected chi connectivity index (χ0v) is 14.0. The minimum atomic E-state index is 0.522. The lowest BCUT2D eigenvalue weighted by atomic mass is 10.0. The number of nitrogens with one attached hydrogen (secondary N) is 2. The molecular weight excluding hydrogens is 268 g/mol. The summed E-state index contributed by atoms with van der Waals surface area (Å²) in [4.78, 5) is 0. The third-order valence-electron chi connectivity index (χ3n) is 3.92. The Hall–Kier alpha value is -1.96. The van der Waals surface area contributed by atoms with Crippen LogP contribution in [0.2, 0.25) is 0 Å². The van der Waals surface area contributed by atoms with Gasteiger partial charge in [0.1, 0.15) is 0 Å². The van der Waals surface area contributed by atoms with Crippen LogP contribution in [0.15, 0.2) is 48.5 Å². The van der Waals surface area contributed by atoms with Gasteiger partial charge in [-0.3, -0.25) is 0 Å². The van der Waals surface area contributed by atoms with Gasteiger partial charge in [0.25, 0.3) is 0 Å². The average molecular weight is 296 g/mol. The van der Waals surface area contributed by atoms with Crippen molar-refractivity contribution >= 4 is 11.4 Å². The molecule has 1 atom stereocenters. The summed E-state index contributed by atoms with van der Waals surface area (Å²) < 4.78 is 0. The fourth-order valence-electron chi connectivity index (χ4n) is 2.35. The summed E-state index contributed by atoms with van der Waals surface area (Å²) in [6.07, 6.45) is 3.27. The Labute approximate surface area is 135 Å². The highest BCUT2D eigenvalue weighted by Gasteiger charge is 2.00. The highest BCUT2D eigenvalue weighted by atomic mass is 14.9. The van der Waals surface area contributed by atoms with Gasteiger partial charge >= 0.3 is 0 Å². The summed E-state index contributed by atoms with van der Waals surface area (Å²) >= 11 is 0. The van der Waals surface area contributed by atoms with Gasteiger partial charge in [0.15, 0.2) is 0 Å². The van der Waals surface area contributed by atoms with E-state index in [9.17, 15) is 0 Å². The zero-order valence-electron chi connectivity index (χ0n) is 14.0. The van der Waals surface area contributed by atoms with Crippen LogP contribution in [0.4, 0.5) is 11.4 Å². The van der Waals surface area contributed by atoms with Gasteiger partial charge < -0.3 is 10.6 Å². The van der Waals surface area contributed by atoms with E-state index in [0.29, 0.717) is 6.04 Å². The topological polar surface area (TPSA) is 24.1 Å². The molecule has 0 aliphatic carbocycles. The van der Waals surface area contributed by atoms with Gasteiger partial charge in [-0.05, 0) is 61.6 Å². The fraction of sp³-hybridized carbons (Fsp3) is 0.400. The average Bonchev–Trinajstić information content (AvgIpc) is 2.56. The molecule has 2 aromatic rings. The van der Waals surface area contributed by atoms with Crippen LogP contribution in [0.1, 0.15) is 44.7 Å². The van der Waals surface area contributed by atoms with Crippen molar-refractivity contribution in [3.63, 3.8) is 0 Å². The molecule has 0 fully saturated rings. The summed E-state index contributed by atoms with van der Waals surface area (Å²) in [5.74, 6) is 0. The second kappa shape index (κ2) is 8.47. The van der Waals surface area contributed by atoms with Crippen molar-refractivity contribution in [1.29, 1.82) is 0 Å². The maximum absolute atomic E-state index is 3.50. The summed E-state index contributed by atoms with van der Waals surface area (Å²) in [6, 6.07) is 18.1. The molecule has 0 heterocycles. The van der Waals surface area contributed by atoms with Crippen LogP contribution in [0.5, 0.6) is 0 Å². The van der Waals surface area contributed by atoms with Crippen LogP contribution >= 0.6 is 0 Å². The van der Waals surface area contributed by atoms with E-state index in [1.54, 1.807) is 0 Å². The molecule has 0 aliphatic rings. The normalized spacial score (nSPS) is 12.0. The van der Waals surface area contributed by atoms with E-state index in [1.165, 1.54) is 22.5 Å². The lowest BCUT2D eigenvalue weighted by Crippen LogP contribution is -2.13. The van der Waals surface area contributed by atoms with Gasteiger partial charge in [-0.15, -0.1) is 0 Å². The first-order chi connectivity index (χ1) is 10.7. The molecule has 0 saturated heterocycles. The molecule has 2 heteroatoms. The van der Waals surface area contributed by atoms with Gasteiger partial charge in [0.05, 0.1) is 0 Å². The molecule has 0 amide bonds. The number of benzene rings is 2. The smallest absolute Gasteiger partial charge is 0.0342 e. The number of hydrogen-bond donors (Lipinski definition) is 2. The lowest BCUT2D eigenvalue weighted by Gasteiger charge is -2.13. The highest BCUT2D eigenvalue weighted by molar-refractivity contribution is 5.48. The molecule has 2 N–H and O–H groups in total. The molecule has 0 radical (unpaired) electrons. The van der Waals surface area contributed by atoms with Gasteiger partial charge in [-0.25, -0.2) is 0 Å². The molecule has 2 aromatic carbocycles. The molecule has 0 bridgehead atoms. The van der Waals surface area contributed by atoms with Crippen LogP contribution in [0, 0.1) is 0 Å². The number of anilines is 2. The van der Waals surface area contributed by atoms with Gasteiger partial charge in [-0.1, -0.05) is 38.1 Å². The van der Waals surface area contributed by atoms with Crippen molar-refractivity contribution in [2.75, 3.05) is 17.2 Å². The van der Waals surface area contributed by atoms with Crippen molar-refractivity contribution in [3.05, 3.63) is 59.7 Å². The Morgan fingerprint density at radius 3 is 1.86 bits per heavy atom. The van der Waals surface area contributed by atoms with Crippen LogP contribution in [-0.4, -0.2) is 12.6 Å². The molecular formula is C20H28N2. The molecule has 2 rings (SSSR count). The summed E-state index contributed by atoms with van der Waals surface area (Å²) in [5.41, 5.74) is 5.12. The summed E-state index contributed by atoms with van der Waals surface area (Å²) in [5, 5.41) is 6.91. The Morgan fingerprint density at radius 1 is 0.818 bits per heavy atom. The molecule has 0 aliphatic heterocycles. The molecule has 22 heavy (non-hydrogen) atoms.